The van der Waals surface area contributed by atoms with E-state index in [0.717, 1.165) is 0 Å². The summed E-state index contributed by atoms with van der Waals surface area (Å²) in [6, 6.07) is 3.20. The van der Waals surface area contributed by atoms with Crippen molar-refractivity contribution in [3.63, 3.8) is 0 Å². The lowest BCUT2D eigenvalue weighted by molar-refractivity contribution is 0.0586. The van der Waals surface area contributed by atoms with Gasteiger partial charge in [-0.1, -0.05) is 0 Å². The summed E-state index contributed by atoms with van der Waals surface area (Å²) >= 11 is 0. The standard InChI is InChI=1S/C7H5N3O2/c1-12-7(11)6-9-3-2-5(4-8)10-6/h2-3H,1H3. The third-order valence-corrected chi connectivity index (χ3v) is 1.14. The van der Waals surface area contributed by atoms with Crippen LogP contribution < -0.4 is 0 Å². The van der Waals surface area contributed by atoms with Gasteiger partial charge >= 0.3 is 5.97 Å². The average Bonchev–Trinajstić information content (AvgIpc) is 2.17. The number of hydrogen-bond donors (Lipinski definition) is 0. The summed E-state index contributed by atoms with van der Waals surface area (Å²) in [6.45, 7) is 0. The van der Waals surface area contributed by atoms with E-state index in [1.54, 1.807) is 6.07 Å². The Labute approximate surface area is 68.6 Å². The van der Waals surface area contributed by atoms with Gasteiger partial charge in [-0.15, -0.1) is 0 Å². The van der Waals surface area contributed by atoms with Gasteiger partial charge in [0.15, 0.2) is 0 Å². The number of esters is 1. The Morgan fingerprint density at radius 3 is 3.08 bits per heavy atom. The lowest BCUT2D eigenvalue weighted by Gasteiger charge is -1.95. The highest BCUT2D eigenvalue weighted by Gasteiger charge is 2.08. The highest BCUT2D eigenvalue weighted by Crippen LogP contribution is 1.94. The molecule has 0 amide bonds. The molecule has 12 heavy (non-hydrogen) atoms. The molecule has 0 atom stereocenters. The Balaban J connectivity index is 3.04. The number of carbonyl (C=O) groups is 1. The van der Waals surface area contributed by atoms with Gasteiger partial charge in [0.2, 0.25) is 5.82 Å². The molecule has 0 fully saturated rings. The highest BCUT2D eigenvalue weighted by molar-refractivity contribution is 5.84. The maximum Gasteiger partial charge on any atom is 0.376 e. The largest absolute Gasteiger partial charge is 0.463 e. The van der Waals surface area contributed by atoms with E-state index >= 15 is 0 Å². The zero-order chi connectivity index (χ0) is 8.97. The van der Waals surface area contributed by atoms with Gasteiger partial charge in [-0.3, -0.25) is 0 Å². The van der Waals surface area contributed by atoms with E-state index in [4.69, 9.17) is 5.26 Å². The minimum Gasteiger partial charge on any atom is -0.463 e. The zero-order valence-corrected chi connectivity index (χ0v) is 6.31. The fourth-order valence-corrected chi connectivity index (χ4v) is 0.611. The molecule has 1 aromatic rings. The Morgan fingerprint density at radius 2 is 2.50 bits per heavy atom. The van der Waals surface area contributed by atoms with Crippen LogP contribution in [0.5, 0.6) is 0 Å². The van der Waals surface area contributed by atoms with Gasteiger partial charge in [-0.25, -0.2) is 14.8 Å². The second-order valence-corrected chi connectivity index (χ2v) is 1.87. The van der Waals surface area contributed by atoms with Crippen LogP contribution >= 0.6 is 0 Å². The van der Waals surface area contributed by atoms with E-state index in [-0.39, 0.29) is 11.5 Å². The van der Waals surface area contributed by atoms with Crippen LogP contribution in [0.25, 0.3) is 0 Å². The average molecular weight is 163 g/mol. The molecular weight excluding hydrogens is 158 g/mol. The van der Waals surface area contributed by atoms with Crippen molar-refractivity contribution in [3.8, 4) is 6.07 Å². The van der Waals surface area contributed by atoms with Crippen LogP contribution in [-0.4, -0.2) is 23.0 Å². The van der Waals surface area contributed by atoms with Crippen molar-refractivity contribution in [2.24, 2.45) is 0 Å². The van der Waals surface area contributed by atoms with Crippen molar-refractivity contribution in [1.82, 2.24) is 9.97 Å². The van der Waals surface area contributed by atoms with Crippen molar-refractivity contribution in [2.75, 3.05) is 7.11 Å². The Morgan fingerprint density at radius 1 is 1.75 bits per heavy atom. The number of nitrogens with zero attached hydrogens (tertiary/aromatic N) is 3. The summed E-state index contributed by atoms with van der Waals surface area (Å²) in [7, 11) is 1.23. The molecule has 0 aliphatic rings. The molecule has 60 valence electrons. The molecule has 0 saturated carbocycles. The molecule has 1 heterocycles. The van der Waals surface area contributed by atoms with Crippen LogP contribution in [0.15, 0.2) is 12.3 Å². The van der Waals surface area contributed by atoms with E-state index in [0.29, 0.717) is 0 Å². The Kier molecular flexibility index (Phi) is 2.33. The SMILES string of the molecule is COC(=O)c1nccc(C#N)n1. The molecule has 0 aromatic carbocycles. The molecule has 1 aromatic heterocycles. The fraction of sp³-hybridized carbons (Fsp3) is 0.143. The fourth-order valence-electron chi connectivity index (χ4n) is 0.611. The van der Waals surface area contributed by atoms with Crippen molar-refractivity contribution in [3.05, 3.63) is 23.8 Å². The lowest BCUT2D eigenvalue weighted by atomic mass is 10.4. The predicted octanol–water partition coefficient (Wildman–Crippen LogP) is 0.135. The number of rotatable bonds is 1. The molecule has 0 aliphatic carbocycles. The van der Waals surface area contributed by atoms with E-state index < -0.39 is 5.97 Å². The van der Waals surface area contributed by atoms with Gasteiger partial charge < -0.3 is 4.74 Å². The number of carbonyl (C=O) groups excluding carboxylic acids is 1. The van der Waals surface area contributed by atoms with E-state index in [2.05, 4.69) is 14.7 Å². The number of methoxy groups -OCH3 is 1. The van der Waals surface area contributed by atoms with Crippen molar-refractivity contribution >= 4 is 5.97 Å². The first-order valence-electron chi connectivity index (χ1n) is 3.09. The third kappa shape index (κ3) is 1.55. The molecule has 0 aliphatic heterocycles. The molecule has 0 radical (unpaired) electrons. The summed E-state index contributed by atoms with van der Waals surface area (Å²) in [6.07, 6.45) is 1.33. The van der Waals surface area contributed by atoms with Gasteiger partial charge in [-0.2, -0.15) is 5.26 Å². The van der Waals surface area contributed by atoms with Crippen LogP contribution in [0.2, 0.25) is 0 Å². The Bertz CT molecular complexity index is 343. The van der Waals surface area contributed by atoms with E-state index in [1.165, 1.54) is 19.4 Å². The lowest BCUT2D eigenvalue weighted by Crippen LogP contribution is -2.07. The maximum atomic E-state index is 10.8. The number of nitriles is 1. The van der Waals surface area contributed by atoms with E-state index in [9.17, 15) is 4.79 Å². The molecule has 0 bridgehead atoms. The number of ether oxygens (including phenoxy) is 1. The Hall–Kier alpha value is -1.96. The van der Waals surface area contributed by atoms with Crippen LogP contribution in [0, 0.1) is 11.3 Å². The van der Waals surface area contributed by atoms with Crippen molar-refractivity contribution in [2.45, 2.75) is 0 Å². The first-order valence-corrected chi connectivity index (χ1v) is 3.09. The van der Waals surface area contributed by atoms with Gasteiger partial charge in [0, 0.05) is 6.20 Å². The smallest absolute Gasteiger partial charge is 0.376 e. The van der Waals surface area contributed by atoms with Crippen LogP contribution in [-0.2, 0) is 4.74 Å². The molecule has 0 N–H and O–H groups in total. The molecule has 0 spiro atoms. The molecule has 0 saturated heterocycles. The maximum absolute atomic E-state index is 10.8. The summed E-state index contributed by atoms with van der Waals surface area (Å²) < 4.78 is 4.36. The van der Waals surface area contributed by atoms with Crippen molar-refractivity contribution < 1.29 is 9.53 Å². The molecule has 5 nitrogen and oxygen atoms in total. The van der Waals surface area contributed by atoms with Gasteiger partial charge in [0.05, 0.1) is 7.11 Å². The van der Waals surface area contributed by atoms with E-state index in [1.807, 2.05) is 0 Å². The summed E-state index contributed by atoms with van der Waals surface area (Å²) in [4.78, 5) is 18.1. The summed E-state index contributed by atoms with van der Waals surface area (Å²) in [5.74, 6) is -0.747. The summed E-state index contributed by atoms with van der Waals surface area (Å²) in [5.41, 5.74) is 0.144. The minimum absolute atomic E-state index is 0.100. The minimum atomic E-state index is -0.646. The highest BCUT2D eigenvalue weighted by atomic mass is 16.5. The molecular formula is C7H5N3O2. The van der Waals surface area contributed by atoms with Crippen LogP contribution in [0.3, 0.4) is 0 Å². The molecule has 0 unspecified atom stereocenters. The number of hydrogen-bond acceptors (Lipinski definition) is 5. The second-order valence-electron chi connectivity index (χ2n) is 1.87. The normalized spacial score (nSPS) is 8.67. The quantitative estimate of drug-likeness (QED) is 0.550. The predicted molar refractivity (Wildman–Crippen MR) is 38.1 cm³/mol. The van der Waals surface area contributed by atoms with Crippen molar-refractivity contribution in [1.29, 1.82) is 5.26 Å². The van der Waals surface area contributed by atoms with Gasteiger partial charge in [-0.05, 0) is 6.07 Å². The number of aromatic nitrogens is 2. The third-order valence-electron chi connectivity index (χ3n) is 1.14. The molecule has 5 heteroatoms. The first-order chi connectivity index (χ1) is 5.77. The molecule has 1 rings (SSSR count). The van der Waals surface area contributed by atoms with Gasteiger partial charge in [0.25, 0.3) is 0 Å². The zero-order valence-electron chi connectivity index (χ0n) is 6.31. The monoisotopic (exact) mass is 163 g/mol. The topological polar surface area (TPSA) is 75.9 Å². The van der Waals surface area contributed by atoms with Crippen LogP contribution in [0.4, 0.5) is 0 Å². The van der Waals surface area contributed by atoms with Gasteiger partial charge in [0.1, 0.15) is 11.8 Å². The second kappa shape index (κ2) is 3.44. The summed E-state index contributed by atoms with van der Waals surface area (Å²) in [5, 5.41) is 8.42. The first kappa shape index (κ1) is 8.14. The van der Waals surface area contributed by atoms with Crippen LogP contribution in [0.1, 0.15) is 16.3 Å².